The Bertz CT molecular complexity index is 920. The van der Waals surface area contributed by atoms with Gasteiger partial charge in [0, 0.05) is 34.7 Å². The third kappa shape index (κ3) is 5.54. The van der Waals surface area contributed by atoms with E-state index in [-0.39, 0.29) is 11.9 Å². The fraction of sp³-hybridized carbons (Fsp3) is 0.333. The molecule has 1 aromatic carbocycles. The number of hydrogen-bond donors (Lipinski definition) is 1. The van der Waals surface area contributed by atoms with Crippen molar-refractivity contribution in [1.82, 2.24) is 14.6 Å². The molecule has 1 unspecified atom stereocenters. The molecule has 144 valence electrons. The summed E-state index contributed by atoms with van der Waals surface area (Å²) in [5.74, 6) is -0.233. The zero-order valence-electron chi connectivity index (χ0n) is 14.8. The van der Waals surface area contributed by atoms with Crippen LogP contribution < -0.4 is 5.32 Å². The summed E-state index contributed by atoms with van der Waals surface area (Å²) in [7, 11) is -3.25. The molecule has 0 radical (unpaired) electrons. The van der Waals surface area contributed by atoms with Crippen molar-refractivity contribution in [2.24, 2.45) is 0 Å². The number of nitrogens with one attached hydrogen (secondary N) is 1. The lowest BCUT2D eigenvalue weighted by atomic mass is 10.1. The summed E-state index contributed by atoms with van der Waals surface area (Å²) < 4.78 is 25.9. The van der Waals surface area contributed by atoms with Gasteiger partial charge in [-0.15, -0.1) is 0 Å². The molecular weight excluding hydrogens is 450 g/mol. The maximum Gasteiger partial charge on any atom is 0.254 e. The quantitative estimate of drug-likeness (QED) is 0.727. The van der Waals surface area contributed by atoms with Crippen LogP contribution in [0.2, 0.25) is 0 Å². The highest BCUT2D eigenvalue weighted by atomic mass is 79.9. The number of sulfonamides is 1. The fourth-order valence-corrected chi connectivity index (χ4v) is 4.94. The first kappa shape index (κ1) is 20.3. The van der Waals surface area contributed by atoms with E-state index in [1.807, 2.05) is 24.3 Å². The molecule has 0 saturated carbocycles. The van der Waals surface area contributed by atoms with Crippen LogP contribution in [0.3, 0.4) is 0 Å². The largest absolute Gasteiger partial charge is 0.348 e. The average molecular weight is 470 g/mol. The topological polar surface area (TPSA) is 79.4 Å². The SMILES string of the molecule is CS(=O)(=O)N1CCCC(NC(=O)c2cccnc2Sc2ccc(Br)cc2)C1. The molecule has 0 aliphatic carbocycles. The van der Waals surface area contributed by atoms with E-state index in [0.717, 1.165) is 22.2 Å². The lowest BCUT2D eigenvalue weighted by Gasteiger charge is -2.31. The van der Waals surface area contributed by atoms with Crippen molar-refractivity contribution >= 4 is 43.6 Å². The lowest BCUT2D eigenvalue weighted by molar-refractivity contribution is 0.0917. The van der Waals surface area contributed by atoms with E-state index in [1.165, 1.54) is 22.3 Å². The molecule has 0 spiro atoms. The summed E-state index contributed by atoms with van der Waals surface area (Å²) in [6.45, 7) is 0.808. The number of nitrogens with zero attached hydrogens (tertiary/aromatic N) is 2. The highest BCUT2D eigenvalue weighted by Gasteiger charge is 2.27. The molecule has 3 rings (SSSR count). The predicted molar refractivity (Wildman–Crippen MR) is 109 cm³/mol. The van der Waals surface area contributed by atoms with Crippen molar-refractivity contribution in [2.75, 3.05) is 19.3 Å². The zero-order chi connectivity index (χ0) is 19.4. The Kier molecular flexibility index (Phi) is 6.56. The number of hydrogen-bond acceptors (Lipinski definition) is 5. The molecule has 0 bridgehead atoms. The molecule has 2 heterocycles. The Labute approximate surface area is 171 Å². The molecule has 9 heteroatoms. The Balaban J connectivity index is 1.72. The standard InChI is InChI=1S/C18H20BrN3O3S2/c1-27(24,25)22-11-3-4-14(12-22)21-17(23)16-5-2-10-20-18(16)26-15-8-6-13(19)7-9-15/h2,5-10,14H,3-4,11-12H2,1H3,(H,21,23). The van der Waals surface area contributed by atoms with Gasteiger partial charge in [-0.25, -0.2) is 17.7 Å². The van der Waals surface area contributed by atoms with Crippen LogP contribution in [0, 0.1) is 0 Å². The normalized spacial score (nSPS) is 18.2. The van der Waals surface area contributed by atoms with Crippen molar-refractivity contribution in [3.8, 4) is 0 Å². The summed E-state index contributed by atoms with van der Waals surface area (Å²) in [6, 6.07) is 11.0. The Morgan fingerprint density at radius 1 is 1.30 bits per heavy atom. The average Bonchev–Trinajstić information content (AvgIpc) is 2.63. The summed E-state index contributed by atoms with van der Waals surface area (Å²) in [5, 5.41) is 3.59. The van der Waals surface area contributed by atoms with Crippen molar-refractivity contribution < 1.29 is 13.2 Å². The lowest BCUT2D eigenvalue weighted by Crippen LogP contribution is -2.49. The first-order valence-corrected chi connectivity index (χ1v) is 11.9. The first-order valence-electron chi connectivity index (χ1n) is 8.47. The molecular formula is C18H20BrN3O3S2. The minimum atomic E-state index is -3.25. The van der Waals surface area contributed by atoms with Gasteiger partial charge in [-0.05, 0) is 49.2 Å². The summed E-state index contributed by atoms with van der Waals surface area (Å²) in [5.41, 5.74) is 0.488. The highest BCUT2D eigenvalue weighted by molar-refractivity contribution is 9.10. The van der Waals surface area contributed by atoms with Gasteiger partial charge in [0.1, 0.15) is 5.03 Å². The molecule has 1 aliphatic heterocycles. The Morgan fingerprint density at radius 3 is 2.74 bits per heavy atom. The highest BCUT2D eigenvalue weighted by Crippen LogP contribution is 2.29. The molecule has 27 heavy (non-hydrogen) atoms. The van der Waals surface area contributed by atoms with Crippen LogP contribution in [0.25, 0.3) is 0 Å². The molecule has 1 saturated heterocycles. The van der Waals surface area contributed by atoms with E-state index < -0.39 is 10.0 Å². The fourth-order valence-electron chi connectivity index (χ4n) is 2.88. The van der Waals surface area contributed by atoms with Crippen molar-refractivity contribution in [3.05, 3.63) is 52.6 Å². The third-order valence-electron chi connectivity index (χ3n) is 4.23. The molecule has 1 fully saturated rings. The van der Waals surface area contributed by atoms with Crippen LogP contribution in [0.4, 0.5) is 0 Å². The molecule has 1 aliphatic rings. The van der Waals surface area contributed by atoms with Gasteiger partial charge in [0.05, 0.1) is 11.8 Å². The number of piperidine rings is 1. The number of benzene rings is 1. The van der Waals surface area contributed by atoms with Gasteiger partial charge in [-0.3, -0.25) is 4.79 Å². The van der Waals surface area contributed by atoms with Gasteiger partial charge in [-0.1, -0.05) is 27.7 Å². The second kappa shape index (κ2) is 8.72. The molecule has 6 nitrogen and oxygen atoms in total. The molecule has 2 aromatic rings. The van der Waals surface area contributed by atoms with Crippen LogP contribution in [-0.4, -0.2) is 49.0 Å². The number of carbonyl (C=O) groups excluding carboxylic acids is 1. The molecule has 1 N–H and O–H groups in total. The Morgan fingerprint density at radius 2 is 2.04 bits per heavy atom. The van der Waals surface area contributed by atoms with E-state index >= 15 is 0 Å². The maximum absolute atomic E-state index is 12.8. The van der Waals surface area contributed by atoms with Crippen LogP contribution in [0.5, 0.6) is 0 Å². The maximum atomic E-state index is 12.8. The number of amides is 1. The van der Waals surface area contributed by atoms with E-state index in [0.29, 0.717) is 23.7 Å². The van der Waals surface area contributed by atoms with Gasteiger partial charge in [0.2, 0.25) is 10.0 Å². The predicted octanol–water partition coefficient (Wildman–Crippen LogP) is 3.15. The van der Waals surface area contributed by atoms with Gasteiger partial charge < -0.3 is 5.32 Å². The van der Waals surface area contributed by atoms with Crippen LogP contribution in [0.15, 0.2) is 57.0 Å². The van der Waals surface area contributed by atoms with Crippen LogP contribution >= 0.6 is 27.7 Å². The van der Waals surface area contributed by atoms with Crippen molar-refractivity contribution in [3.63, 3.8) is 0 Å². The minimum Gasteiger partial charge on any atom is -0.348 e. The minimum absolute atomic E-state index is 0.202. The monoisotopic (exact) mass is 469 g/mol. The number of halogens is 1. The summed E-state index contributed by atoms with van der Waals surface area (Å²) >= 11 is 4.83. The molecule has 1 aromatic heterocycles. The summed E-state index contributed by atoms with van der Waals surface area (Å²) in [4.78, 5) is 18.1. The van der Waals surface area contributed by atoms with E-state index in [1.54, 1.807) is 18.3 Å². The van der Waals surface area contributed by atoms with Crippen molar-refractivity contribution in [1.29, 1.82) is 0 Å². The Hall–Kier alpha value is -1.42. The van der Waals surface area contributed by atoms with Gasteiger partial charge in [0.25, 0.3) is 5.91 Å². The van der Waals surface area contributed by atoms with E-state index in [4.69, 9.17) is 0 Å². The van der Waals surface area contributed by atoms with Gasteiger partial charge >= 0.3 is 0 Å². The van der Waals surface area contributed by atoms with Gasteiger partial charge in [-0.2, -0.15) is 0 Å². The van der Waals surface area contributed by atoms with Crippen LogP contribution in [-0.2, 0) is 10.0 Å². The number of pyridine rings is 1. The molecule has 1 atom stereocenters. The second-order valence-corrected chi connectivity index (χ2v) is 10.3. The first-order chi connectivity index (χ1) is 12.8. The zero-order valence-corrected chi connectivity index (χ0v) is 18.0. The van der Waals surface area contributed by atoms with E-state index in [2.05, 4.69) is 26.2 Å². The van der Waals surface area contributed by atoms with Crippen molar-refractivity contribution in [2.45, 2.75) is 28.8 Å². The third-order valence-corrected chi connectivity index (χ3v) is 7.06. The number of carbonyl (C=O) groups is 1. The van der Waals surface area contributed by atoms with Gasteiger partial charge in [0.15, 0.2) is 0 Å². The smallest absolute Gasteiger partial charge is 0.254 e. The van der Waals surface area contributed by atoms with E-state index in [9.17, 15) is 13.2 Å². The number of aromatic nitrogens is 1. The van der Waals surface area contributed by atoms with Crippen LogP contribution in [0.1, 0.15) is 23.2 Å². The summed E-state index contributed by atoms with van der Waals surface area (Å²) in [6.07, 6.45) is 4.34. The second-order valence-electron chi connectivity index (χ2n) is 6.35. The molecule has 1 amide bonds. The number of rotatable bonds is 5.